The fraction of sp³-hybridized carbons (Fsp3) is 0.333. The number of nitriles is 1. The van der Waals surface area contributed by atoms with E-state index in [0.29, 0.717) is 22.5 Å². The van der Waals surface area contributed by atoms with E-state index in [0.717, 1.165) is 0 Å². The van der Waals surface area contributed by atoms with Crippen molar-refractivity contribution >= 4 is 17.4 Å². The highest BCUT2D eigenvalue weighted by molar-refractivity contribution is 5.95. The minimum atomic E-state index is -0.524. The summed E-state index contributed by atoms with van der Waals surface area (Å²) in [6.07, 6.45) is 1.78. The molecule has 0 fully saturated rings. The van der Waals surface area contributed by atoms with E-state index in [1.165, 1.54) is 6.07 Å². The molecular weight excluding hydrogens is 320 g/mol. The predicted octanol–water partition coefficient (Wildman–Crippen LogP) is 3.50. The van der Waals surface area contributed by atoms with Gasteiger partial charge in [0.2, 0.25) is 5.91 Å². The molecule has 25 heavy (non-hydrogen) atoms. The summed E-state index contributed by atoms with van der Waals surface area (Å²) in [5.74, 6) is -0.198. The van der Waals surface area contributed by atoms with Gasteiger partial charge in [-0.25, -0.2) is 0 Å². The molecule has 0 spiro atoms. The smallest absolute Gasteiger partial charge is 0.273 e. The Morgan fingerprint density at radius 2 is 2.04 bits per heavy atom. The summed E-state index contributed by atoms with van der Waals surface area (Å²) in [5.41, 5.74) is 1.13. The number of fused-ring (bicyclic) bond motifs is 1. The fourth-order valence-electron chi connectivity index (χ4n) is 3.30. The molecule has 1 amide bonds. The standard InChI is InChI=1S/C18H18N4O3/c1-18(2,3)21-10-11(9-19)16-13(8-15(23)20-17(16)21)12-6-4-5-7-14(12)22(24)25/h4-7,10,13H,8H2,1-3H3,(H,20,23)/t13-/m0/s1. The zero-order valence-corrected chi connectivity index (χ0v) is 14.2. The maximum absolute atomic E-state index is 12.3. The van der Waals surface area contributed by atoms with Crippen molar-refractivity contribution in [3.8, 4) is 6.07 Å². The average molecular weight is 338 g/mol. The van der Waals surface area contributed by atoms with Gasteiger partial charge < -0.3 is 9.88 Å². The van der Waals surface area contributed by atoms with E-state index in [1.807, 2.05) is 25.3 Å². The SMILES string of the molecule is CC(C)(C)n1cc(C#N)c2c1NC(=O)C[C@H]2c1ccccc1[N+](=O)[O-]. The van der Waals surface area contributed by atoms with Crippen LogP contribution in [0.15, 0.2) is 30.5 Å². The summed E-state index contributed by atoms with van der Waals surface area (Å²) in [6.45, 7) is 5.90. The van der Waals surface area contributed by atoms with Crippen LogP contribution in [0.4, 0.5) is 11.5 Å². The van der Waals surface area contributed by atoms with Gasteiger partial charge in [-0.15, -0.1) is 0 Å². The van der Waals surface area contributed by atoms with Crippen molar-refractivity contribution in [2.45, 2.75) is 38.6 Å². The van der Waals surface area contributed by atoms with E-state index >= 15 is 0 Å². The number of rotatable bonds is 2. The van der Waals surface area contributed by atoms with Gasteiger partial charge >= 0.3 is 0 Å². The molecule has 1 atom stereocenters. The quantitative estimate of drug-likeness (QED) is 0.669. The third-order valence-electron chi connectivity index (χ3n) is 4.39. The summed E-state index contributed by atoms with van der Waals surface area (Å²) in [4.78, 5) is 23.3. The number of anilines is 1. The number of nitro benzene ring substituents is 1. The number of carbonyl (C=O) groups excluding carboxylic acids is 1. The normalized spacial score (nSPS) is 16.7. The summed E-state index contributed by atoms with van der Waals surface area (Å²) in [5, 5.41) is 23.8. The molecule has 2 heterocycles. The zero-order chi connectivity index (χ0) is 18.4. The minimum absolute atomic E-state index is 0.0412. The molecule has 7 heteroatoms. The first-order valence-corrected chi connectivity index (χ1v) is 7.93. The van der Waals surface area contributed by atoms with Crippen LogP contribution in [0.3, 0.4) is 0 Å². The number of hydrogen-bond donors (Lipinski definition) is 1. The first kappa shape index (κ1) is 16.7. The van der Waals surface area contributed by atoms with Crippen molar-refractivity contribution < 1.29 is 9.72 Å². The van der Waals surface area contributed by atoms with E-state index < -0.39 is 10.8 Å². The Morgan fingerprint density at radius 1 is 1.36 bits per heavy atom. The van der Waals surface area contributed by atoms with Crippen molar-refractivity contribution in [1.82, 2.24) is 4.57 Å². The molecule has 1 N–H and O–H groups in total. The van der Waals surface area contributed by atoms with Crippen LogP contribution in [0.1, 0.15) is 49.8 Å². The molecule has 0 aliphatic carbocycles. The Balaban J connectivity index is 2.28. The zero-order valence-electron chi connectivity index (χ0n) is 14.2. The van der Waals surface area contributed by atoms with Gasteiger partial charge in [0.25, 0.3) is 5.69 Å². The fourth-order valence-corrected chi connectivity index (χ4v) is 3.30. The predicted molar refractivity (Wildman–Crippen MR) is 92.3 cm³/mol. The van der Waals surface area contributed by atoms with E-state index in [2.05, 4.69) is 11.4 Å². The second-order valence-electron chi connectivity index (χ2n) is 7.08. The Morgan fingerprint density at radius 3 is 2.64 bits per heavy atom. The maximum Gasteiger partial charge on any atom is 0.273 e. The maximum atomic E-state index is 12.3. The summed E-state index contributed by atoms with van der Waals surface area (Å²) in [7, 11) is 0. The van der Waals surface area contributed by atoms with E-state index in [-0.39, 0.29) is 23.6 Å². The van der Waals surface area contributed by atoms with E-state index in [4.69, 9.17) is 0 Å². The van der Waals surface area contributed by atoms with Crippen LogP contribution in [0.5, 0.6) is 0 Å². The van der Waals surface area contributed by atoms with Gasteiger partial charge in [-0.2, -0.15) is 5.26 Å². The van der Waals surface area contributed by atoms with E-state index in [1.54, 1.807) is 24.4 Å². The Hall–Kier alpha value is -3.14. The summed E-state index contributed by atoms with van der Waals surface area (Å²) in [6, 6.07) is 8.55. The van der Waals surface area contributed by atoms with Crippen LogP contribution in [0.2, 0.25) is 0 Å². The molecule has 1 aliphatic heterocycles. The van der Waals surface area contributed by atoms with Crippen molar-refractivity contribution in [1.29, 1.82) is 5.26 Å². The second-order valence-corrected chi connectivity index (χ2v) is 7.08. The minimum Gasteiger partial charge on any atom is -0.328 e. The number of nitro groups is 1. The number of amides is 1. The van der Waals surface area contributed by atoms with Crippen LogP contribution in [-0.2, 0) is 10.3 Å². The average Bonchev–Trinajstić information content (AvgIpc) is 2.92. The van der Waals surface area contributed by atoms with Crippen molar-refractivity contribution in [3.05, 3.63) is 57.3 Å². The lowest BCUT2D eigenvalue weighted by Gasteiger charge is -2.29. The molecule has 2 aromatic rings. The summed E-state index contributed by atoms with van der Waals surface area (Å²) < 4.78 is 1.85. The monoisotopic (exact) mass is 338 g/mol. The number of aromatic nitrogens is 1. The Kier molecular flexibility index (Phi) is 3.84. The van der Waals surface area contributed by atoms with E-state index in [9.17, 15) is 20.2 Å². The topological polar surface area (TPSA) is 101 Å². The number of hydrogen-bond acceptors (Lipinski definition) is 4. The molecule has 1 aromatic carbocycles. The molecule has 0 bridgehead atoms. The number of benzene rings is 1. The van der Waals surface area contributed by atoms with Crippen LogP contribution in [0.25, 0.3) is 0 Å². The first-order valence-electron chi connectivity index (χ1n) is 7.93. The lowest BCUT2D eigenvalue weighted by atomic mass is 9.84. The van der Waals surface area contributed by atoms with Crippen LogP contribution in [0, 0.1) is 21.4 Å². The molecule has 3 rings (SSSR count). The van der Waals surface area contributed by atoms with Gasteiger partial charge in [0.1, 0.15) is 11.9 Å². The molecule has 0 saturated carbocycles. The largest absolute Gasteiger partial charge is 0.328 e. The van der Waals surface area contributed by atoms with Crippen LogP contribution in [-0.4, -0.2) is 15.4 Å². The van der Waals surface area contributed by atoms with Gasteiger partial charge in [-0.3, -0.25) is 14.9 Å². The molecule has 0 unspecified atom stereocenters. The van der Waals surface area contributed by atoms with Gasteiger partial charge in [0.15, 0.2) is 0 Å². The molecule has 0 saturated heterocycles. The highest BCUT2D eigenvalue weighted by Crippen LogP contribution is 2.44. The van der Waals surface area contributed by atoms with Gasteiger partial charge in [0, 0.05) is 41.3 Å². The first-order chi connectivity index (χ1) is 11.7. The Labute approximate surface area is 145 Å². The third-order valence-corrected chi connectivity index (χ3v) is 4.39. The van der Waals surface area contributed by atoms with Crippen molar-refractivity contribution in [2.75, 3.05) is 5.32 Å². The number of nitrogens with one attached hydrogen (secondary N) is 1. The van der Waals surface area contributed by atoms with Crippen LogP contribution >= 0.6 is 0 Å². The molecular formula is C18H18N4O3. The Bertz CT molecular complexity index is 915. The van der Waals surface area contributed by atoms with Crippen molar-refractivity contribution in [2.24, 2.45) is 0 Å². The van der Waals surface area contributed by atoms with Gasteiger partial charge in [-0.05, 0) is 20.8 Å². The molecule has 1 aliphatic rings. The molecule has 128 valence electrons. The highest BCUT2D eigenvalue weighted by atomic mass is 16.6. The third kappa shape index (κ3) is 2.76. The molecule has 7 nitrogen and oxygen atoms in total. The second kappa shape index (κ2) is 5.74. The number of carbonyl (C=O) groups is 1. The lowest BCUT2D eigenvalue weighted by molar-refractivity contribution is -0.385. The molecule has 1 aromatic heterocycles. The number of nitrogens with zero attached hydrogens (tertiary/aromatic N) is 3. The lowest BCUT2D eigenvalue weighted by Crippen LogP contribution is -2.29. The highest BCUT2D eigenvalue weighted by Gasteiger charge is 2.37. The van der Waals surface area contributed by atoms with Gasteiger partial charge in [0.05, 0.1) is 10.5 Å². The molecule has 0 radical (unpaired) electrons. The van der Waals surface area contributed by atoms with Crippen molar-refractivity contribution in [3.63, 3.8) is 0 Å². The summed E-state index contributed by atoms with van der Waals surface area (Å²) >= 11 is 0. The van der Waals surface area contributed by atoms with Gasteiger partial charge in [-0.1, -0.05) is 18.2 Å². The van der Waals surface area contributed by atoms with Crippen LogP contribution < -0.4 is 5.32 Å². The number of para-hydroxylation sites is 1.